The van der Waals surface area contributed by atoms with E-state index in [0.717, 1.165) is 0 Å². The van der Waals surface area contributed by atoms with Crippen molar-refractivity contribution >= 4 is 29.2 Å². The summed E-state index contributed by atoms with van der Waals surface area (Å²) >= 11 is 8.26. The van der Waals surface area contributed by atoms with Crippen LogP contribution in [-0.4, -0.2) is 10.5 Å². The van der Waals surface area contributed by atoms with Crippen LogP contribution in [-0.2, 0) is 24.2 Å². The normalized spacial score (nSPS) is 8.00. The van der Waals surface area contributed by atoms with Crippen molar-refractivity contribution in [1.29, 1.82) is 0 Å². The standard InChI is InChI=1S/C4H8OS2.Zn/c1-3(2)5-4(6)7;/h3H,1-2H3,(H,6,7);. The van der Waals surface area contributed by atoms with Crippen LogP contribution in [0.5, 0.6) is 0 Å². The third-order valence-electron chi connectivity index (χ3n) is 0.337. The Morgan fingerprint density at radius 1 is 1.62 bits per heavy atom. The molecular weight excluding hydrogens is 194 g/mol. The van der Waals surface area contributed by atoms with E-state index in [2.05, 4.69) is 24.8 Å². The Labute approximate surface area is 73.3 Å². The van der Waals surface area contributed by atoms with Crippen LogP contribution in [0.3, 0.4) is 0 Å². The molecule has 0 aromatic heterocycles. The zero-order chi connectivity index (χ0) is 5.86. The largest absolute Gasteiger partial charge is 0.476 e. The summed E-state index contributed by atoms with van der Waals surface area (Å²) in [7, 11) is 0. The minimum atomic E-state index is 0. The average molecular weight is 202 g/mol. The molecule has 0 bridgehead atoms. The van der Waals surface area contributed by atoms with Crippen molar-refractivity contribution in [3.8, 4) is 0 Å². The zero-order valence-corrected chi connectivity index (χ0v) is 9.73. The van der Waals surface area contributed by atoms with E-state index < -0.39 is 0 Å². The summed E-state index contributed by atoms with van der Waals surface area (Å²) in [6.07, 6.45) is 0.157. The predicted octanol–water partition coefficient (Wildman–Crippen LogP) is 1.62. The zero-order valence-electron chi connectivity index (χ0n) is 5.05. The summed E-state index contributed by atoms with van der Waals surface area (Å²) in [5, 5.41) is 0. The van der Waals surface area contributed by atoms with Crippen molar-refractivity contribution in [3.63, 3.8) is 0 Å². The molecule has 0 saturated carbocycles. The first-order valence-corrected chi connectivity index (χ1v) is 2.88. The van der Waals surface area contributed by atoms with Crippen molar-refractivity contribution in [2.45, 2.75) is 20.0 Å². The van der Waals surface area contributed by atoms with E-state index in [4.69, 9.17) is 4.74 Å². The van der Waals surface area contributed by atoms with Gasteiger partial charge in [0.25, 0.3) is 0 Å². The molecule has 0 heterocycles. The summed E-state index contributed by atoms with van der Waals surface area (Å²) in [5.74, 6) is 0. The molecule has 4 heteroatoms. The fourth-order valence-corrected chi connectivity index (χ4v) is 0.605. The quantitative estimate of drug-likeness (QED) is 0.392. The van der Waals surface area contributed by atoms with Gasteiger partial charge in [0.15, 0.2) is 0 Å². The maximum atomic E-state index is 4.85. The molecule has 0 aliphatic heterocycles. The fourth-order valence-electron chi connectivity index (χ4n) is 0.202. The summed E-state index contributed by atoms with van der Waals surface area (Å²) in [5.41, 5.74) is 0. The first kappa shape index (κ1) is 11.6. The van der Waals surface area contributed by atoms with E-state index in [9.17, 15) is 0 Å². The molecule has 0 unspecified atom stereocenters. The number of hydrogen-bond acceptors (Lipinski definition) is 2. The molecule has 0 fully saturated rings. The topological polar surface area (TPSA) is 9.23 Å². The van der Waals surface area contributed by atoms with Crippen LogP contribution in [0, 0.1) is 0 Å². The maximum absolute atomic E-state index is 4.85. The Kier molecular flexibility index (Phi) is 8.71. The van der Waals surface area contributed by atoms with Gasteiger partial charge in [-0.15, -0.1) is 0 Å². The molecule has 0 aliphatic carbocycles. The number of ether oxygens (including phenoxy) is 1. The molecule has 0 N–H and O–H groups in total. The van der Waals surface area contributed by atoms with Gasteiger partial charge < -0.3 is 4.74 Å². The molecule has 0 aliphatic rings. The molecule has 1 nitrogen and oxygen atoms in total. The average Bonchev–Trinajstić information content (AvgIpc) is 1.27. The molecule has 8 heavy (non-hydrogen) atoms. The molecule has 0 radical (unpaired) electrons. The van der Waals surface area contributed by atoms with Crippen molar-refractivity contribution in [1.82, 2.24) is 0 Å². The van der Waals surface area contributed by atoms with Gasteiger partial charge in [-0.3, -0.25) is 0 Å². The second-order valence-electron chi connectivity index (χ2n) is 1.43. The molecule has 0 saturated heterocycles. The summed E-state index contributed by atoms with van der Waals surface area (Å²) in [4.78, 5) is 0. The van der Waals surface area contributed by atoms with Crippen LogP contribution in [0.4, 0.5) is 0 Å². The van der Waals surface area contributed by atoms with Crippen LogP contribution in [0.15, 0.2) is 0 Å². The van der Waals surface area contributed by atoms with Gasteiger partial charge in [0, 0.05) is 19.5 Å². The minimum Gasteiger partial charge on any atom is -0.476 e. The van der Waals surface area contributed by atoms with E-state index in [1.54, 1.807) is 0 Å². The Morgan fingerprint density at radius 3 is 2.00 bits per heavy atom. The summed E-state index contributed by atoms with van der Waals surface area (Å²) in [6, 6.07) is 0. The van der Waals surface area contributed by atoms with E-state index >= 15 is 0 Å². The molecular formula is C4H8OS2Zn. The SMILES string of the molecule is CC(C)OC(=S)S.[Zn]. The maximum Gasteiger partial charge on any atom is 0.217 e. The molecule has 0 rings (SSSR count). The van der Waals surface area contributed by atoms with Crippen LogP contribution < -0.4 is 0 Å². The molecule has 0 spiro atoms. The second kappa shape index (κ2) is 5.99. The van der Waals surface area contributed by atoms with E-state index in [-0.39, 0.29) is 25.6 Å². The van der Waals surface area contributed by atoms with Crippen LogP contribution in [0.1, 0.15) is 13.8 Å². The van der Waals surface area contributed by atoms with E-state index in [1.165, 1.54) is 0 Å². The predicted molar refractivity (Wildman–Crippen MR) is 37.8 cm³/mol. The number of thiocarbonyl (C=S) groups is 1. The van der Waals surface area contributed by atoms with Crippen LogP contribution >= 0.6 is 24.8 Å². The number of thiol groups is 1. The first-order valence-electron chi connectivity index (χ1n) is 2.02. The van der Waals surface area contributed by atoms with Gasteiger partial charge in [-0.25, -0.2) is 0 Å². The Bertz CT molecular complexity index is 74.4. The van der Waals surface area contributed by atoms with Gasteiger partial charge in [-0.05, 0) is 26.1 Å². The van der Waals surface area contributed by atoms with Gasteiger partial charge in [0.2, 0.25) is 4.38 Å². The number of rotatable bonds is 1. The molecule has 0 amide bonds. The fraction of sp³-hybridized carbons (Fsp3) is 0.750. The van der Waals surface area contributed by atoms with Gasteiger partial charge >= 0.3 is 0 Å². The molecule has 44 valence electrons. The van der Waals surface area contributed by atoms with Crippen molar-refractivity contribution in [2.75, 3.05) is 0 Å². The van der Waals surface area contributed by atoms with E-state index in [0.29, 0.717) is 4.38 Å². The Balaban J connectivity index is 0. The third-order valence-corrected chi connectivity index (χ3v) is 0.538. The Hall–Kier alpha value is 0.863. The third kappa shape index (κ3) is 9.98. The van der Waals surface area contributed by atoms with Gasteiger partial charge in [0.05, 0.1) is 6.10 Å². The van der Waals surface area contributed by atoms with Gasteiger partial charge in [0.1, 0.15) is 0 Å². The van der Waals surface area contributed by atoms with E-state index in [1.807, 2.05) is 13.8 Å². The van der Waals surface area contributed by atoms with Crippen LogP contribution in [0.25, 0.3) is 0 Å². The first-order chi connectivity index (χ1) is 3.13. The smallest absolute Gasteiger partial charge is 0.217 e. The summed E-state index contributed by atoms with van der Waals surface area (Å²) < 4.78 is 5.16. The molecule has 0 atom stereocenters. The minimum absolute atomic E-state index is 0. The number of hydrogen-bond donors (Lipinski definition) is 1. The molecule has 0 aromatic carbocycles. The van der Waals surface area contributed by atoms with Crippen LogP contribution in [0.2, 0.25) is 0 Å². The van der Waals surface area contributed by atoms with Gasteiger partial charge in [-0.1, -0.05) is 12.6 Å². The summed E-state index contributed by atoms with van der Waals surface area (Å²) in [6.45, 7) is 3.81. The van der Waals surface area contributed by atoms with Crippen molar-refractivity contribution in [2.24, 2.45) is 0 Å². The second-order valence-corrected chi connectivity index (χ2v) is 2.51. The molecule has 0 aromatic rings. The monoisotopic (exact) mass is 200 g/mol. The van der Waals surface area contributed by atoms with Gasteiger partial charge in [-0.2, -0.15) is 0 Å². The Morgan fingerprint density at radius 2 is 2.00 bits per heavy atom. The van der Waals surface area contributed by atoms with Crippen molar-refractivity contribution < 1.29 is 24.2 Å². The van der Waals surface area contributed by atoms with Crippen molar-refractivity contribution in [3.05, 3.63) is 0 Å².